The van der Waals surface area contributed by atoms with Gasteiger partial charge in [0.1, 0.15) is 5.69 Å². The van der Waals surface area contributed by atoms with Crippen LogP contribution in [0.4, 0.5) is 5.69 Å². The van der Waals surface area contributed by atoms with Crippen molar-refractivity contribution in [2.24, 2.45) is 13.0 Å². The maximum absolute atomic E-state index is 13.4. The van der Waals surface area contributed by atoms with Crippen molar-refractivity contribution in [2.45, 2.75) is 6.42 Å². The van der Waals surface area contributed by atoms with Crippen LogP contribution in [0.3, 0.4) is 0 Å². The topological polar surface area (TPSA) is 34.5 Å². The van der Waals surface area contributed by atoms with Gasteiger partial charge in [-0.05, 0) is 30.7 Å². The summed E-state index contributed by atoms with van der Waals surface area (Å²) in [5, 5.41) is 1.09. The van der Waals surface area contributed by atoms with Crippen LogP contribution < -0.4 is 4.90 Å². The Bertz CT molecular complexity index is 879. The van der Waals surface area contributed by atoms with Crippen LogP contribution in [-0.4, -0.2) is 30.2 Å². The predicted octanol–water partition coefficient (Wildman–Crippen LogP) is 3.86. The number of anilines is 1. The number of amides is 1. The van der Waals surface area contributed by atoms with Crippen LogP contribution >= 0.6 is 0 Å². The molecule has 4 heteroatoms. The molecule has 0 spiro atoms. The molecule has 1 aliphatic rings. The Morgan fingerprint density at radius 1 is 1.16 bits per heavy atom. The third-order valence-electron chi connectivity index (χ3n) is 4.95. The highest BCUT2D eigenvalue weighted by Crippen LogP contribution is 2.25. The van der Waals surface area contributed by atoms with Gasteiger partial charge in [-0.3, -0.25) is 4.79 Å². The van der Waals surface area contributed by atoms with Crippen LogP contribution in [0.1, 0.15) is 16.9 Å². The molecule has 1 fully saturated rings. The van der Waals surface area contributed by atoms with E-state index in [1.807, 2.05) is 77.2 Å². The summed E-state index contributed by atoms with van der Waals surface area (Å²) in [7, 11) is 1.96. The normalized spacial score (nSPS) is 17.1. The molecule has 0 unspecified atom stereocenters. The van der Waals surface area contributed by atoms with E-state index in [2.05, 4.69) is 0 Å². The number of hydrogen-bond acceptors (Lipinski definition) is 2. The Kier molecular flexibility index (Phi) is 4.28. The van der Waals surface area contributed by atoms with E-state index in [0.29, 0.717) is 18.2 Å². The number of carbonyl (C=O) groups excluding carboxylic acids is 1. The lowest BCUT2D eigenvalue weighted by Crippen LogP contribution is -2.36. The second kappa shape index (κ2) is 6.73. The highest BCUT2D eigenvalue weighted by atomic mass is 16.5. The van der Waals surface area contributed by atoms with E-state index in [9.17, 15) is 4.79 Å². The zero-order valence-corrected chi connectivity index (χ0v) is 14.4. The van der Waals surface area contributed by atoms with Crippen molar-refractivity contribution in [3.8, 4) is 0 Å². The van der Waals surface area contributed by atoms with E-state index in [1.165, 1.54) is 0 Å². The van der Waals surface area contributed by atoms with Crippen molar-refractivity contribution in [3.05, 3.63) is 66.4 Å². The van der Waals surface area contributed by atoms with Gasteiger partial charge in [0.2, 0.25) is 0 Å². The molecule has 0 N–H and O–H groups in total. The smallest absolute Gasteiger partial charge is 0.274 e. The Labute approximate surface area is 147 Å². The van der Waals surface area contributed by atoms with E-state index >= 15 is 0 Å². The summed E-state index contributed by atoms with van der Waals surface area (Å²) >= 11 is 0. The Hall–Kier alpha value is -2.59. The number of fused-ring (bicyclic) bond motifs is 1. The standard InChI is InChI=1S/C21H22N2O2/c1-22-19-10-6-5-7-17(19)13-20(22)21(24)23(14-16-11-12-25-15-16)18-8-3-2-4-9-18/h2-10,13,16H,11-12,14-15H2,1H3/t16-/m1/s1. The number of benzene rings is 2. The molecule has 4 rings (SSSR count). The number of nitrogens with zero attached hydrogens (tertiary/aromatic N) is 2. The molecular weight excluding hydrogens is 312 g/mol. The van der Waals surface area contributed by atoms with E-state index in [1.54, 1.807) is 0 Å². The monoisotopic (exact) mass is 334 g/mol. The number of carbonyl (C=O) groups is 1. The molecule has 2 heterocycles. The molecule has 1 aliphatic heterocycles. The van der Waals surface area contributed by atoms with Gasteiger partial charge in [-0.25, -0.2) is 0 Å². The van der Waals surface area contributed by atoms with Crippen LogP contribution in [0.5, 0.6) is 0 Å². The fourth-order valence-electron chi connectivity index (χ4n) is 3.53. The molecule has 1 amide bonds. The first-order valence-electron chi connectivity index (χ1n) is 8.73. The average molecular weight is 334 g/mol. The number of ether oxygens (including phenoxy) is 1. The fraction of sp³-hybridized carbons (Fsp3) is 0.286. The number of para-hydroxylation sites is 2. The molecule has 1 atom stereocenters. The summed E-state index contributed by atoms with van der Waals surface area (Å²) < 4.78 is 7.49. The molecule has 0 bridgehead atoms. The van der Waals surface area contributed by atoms with E-state index < -0.39 is 0 Å². The maximum atomic E-state index is 13.4. The zero-order chi connectivity index (χ0) is 17.2. The number of rotatable bonds is 4. The summed E-state index contributed by atoms with van der Waals surface area (Å²) in [4.78, 5) is 15.3. The van der Waals surface area contributed by atoms with Gasteiger partial charge >= 0.3 is 0 Å². The third kappa shape index (κ3) is 3.05. The Balaban J connectivity index is 1.72. The van der Waals surface area contributed by atoms with Gasteiger partial charge in [-0.1, -0.05) is 36.4 Å². The molecule has 4 nitrogen and oxygen atoms in total. The molecule has 128 valence electrons. The Morgan fingerprint density at radius 3 is 2.64 bits per heavy atom. The zero-order valence-electron chi connectivity index (χ0n) is 14.4. The molecule has 0 aliphatic carbocycles. The average Bonchev–Trinajstić information content (AvgIpc) is 3.28. The van der Waals surface area contributed by atoms with Crippen molar-refractivity contribution in [2.75, 3.05) is 24.7 Å². The lowest BCUT2D eigenvalue weighted by Gasteiger charge is -2.25. The van der Waals surface area contributed by atoms with Gasteiger partial charge in [0.05, 0.1) is 6.61 Å². The minimum Gasteiger partial charge on any atom is -0.381 e. The first-order valence-corrected chi connectivity index (χ1v) is 8.73. The van der Waals surface area contributed by atoms with Gasteiger partial charge in [-0.2, -0.15) is 0 Å². The number of aromatic nitrogens is 1. The molecule has 0 radical (unpaired) electrons. The van der Waals surface area contributed by atoms with Gasteiger partial charge < -0.3 is 14.2 Å². The molecule has 25 heavy (non-hydrogen) atoms. The minimum atomic E-state index is 0.0387. The first-order chi connectivity index (χ1) is 12.2. The molecule has 3 aromatic rings. The summed E-state index contributed by atoms with van der Waals surface area (Å²) in [5.41, 5.74) is 2.72. The molecular formula is C21H22N2O2. The van der Waals surface area contributed by atoms with E-state index in [4.69, 9.17) is 4.74 Å². The van der Waals surface area contributed by atoms with Crippen molar-refractivity contribution in [3.63, 3.8) is 0 Å². The van der Waals surface area contributed by atoms with Crippen molar-refractivity contribution >= 4 is 22.5 Å². The third-order valence-corrected chi connectivity index (χ3v) is 4.95. The molecule has 1 saturated heterocycles. The van der Waals surface area contributed by atoms with Crippen molar-refractivity contribution < 1.29 is 9.53 Å². The SMILES string of the molecule is Cn1c(C(=O)N(C[C@H]2CCOC2)c2ccccc2)cc2ccccc21. The maximum Gasteiger partial charge on any atom is 0.274 e. The van der Waals surface area contributed by atoms with Crippen LogP contribution in [0.2, 0.25) is 0 Å². The van der Waals surface area contributed by atoms with E-state index in [-0.39, 0.29) is 5.91 Å². The second-order valence-electron chi connectivity index (χ2n) is 6.63. The molecule has 0 saturated carbocycles. The highest BCUT2D eigenvalue weighted by Gasteiger charge is 2.26. The van der Waals surface area contributed by atoms with Gasteiger partial charge in [-0.15, -0.1) is 0 Å². The fourth-order valence-corrected chi connectivity index (χ4v) is 3.53. The summed E-state index contributed by atoms with van der Waals surface area (Å²) in [6, 6.07) is 20.0. The van der Waals surface area contributed by atoms with Gasteiger partial charge in [0.25, 0.3) is 5.91 Å². The summed E-state index contributed by atoms with van der Waals surface area (Å²) in [6.07, 6.45) is 1.01. The quantitative estimate of drug-likeness (QED) is 0.726. The lowest BCUT2D eigenvalue weighted by molar-refractivity contribution is 0.0974. The number of aryl methyl sites for hydroxylation is 1. The van der Waals surface area contributed by atoms with Crippen LogP contribution in [0.25, 0.3) is 10.9 Å². The molecule has 2 aromatic carbocycles. The largest absolute Gasteiger partial charge is 0.381 e. The predicted molar refractivity (Wildman–Crippen MR) is 100.0 cm³/mol. The van der Waals surface area contributed by atoms with Gasteiger partial charge in [0, 0.05) is 42.7 Å². The van der Waals surface area contributed by atoms with Crippen LogP contribution in [0, 0.1) is 5.92 Å². The van der Waals surface area contributed by atoms with Crippen molar-refractivity contribution in [1.29, 1.82) is 0 Å². The summed E-state index contributed by atoms with van der Waals surface area (Å²) in [5.74, 6) is 0.427. The summed E-state index contributed by atoms with van der Waals surface area (Å²) in [6.45, 7) is 2.20. The highest BCUT2D eigenvalue weighted by molar-refractivity contribution is 6.08. The second-order valence-corrected chi connectivity index (χ2v) is 6.63. The van der Waals surface area contributed by atoms with Crippen LogP contribution in [-0.2, 0) is 11.8 Å². The van der Waals surface area contributed by atoms with Crippen LogP contribution in [0.15, 0.2) is 60.7 Å². The lowest BCUT2D eigenvalue weighted by atomic mass is 10.1. The minimum absolute atomic E-state index is 0.0387. The van der Waals surface area contributed by atoms with Gasteiger partial charge in [0.15, 0.2) is 0 Å². The Morgan fingerprint density at radius 2 is 1.92 bits per heavy atom. The first kappa shape index (κ1) is 15.9. The number of hydrogen-bond donors (Lipinski definition) is 0. The van der Waals surface area contributed by atoms with E-state index in [0.717, 1.165) is 36.2 Å². The van der Waals surface area contributed by atoms with Crippen molar-refractivity contribution in [1.82, 2.24) is 4.57 Å². The molecule has 1 aromatic heterocycles.